The highest BCUT2D eigenvalue weighted by atomic mass is 35.5. The molecule has 0 bridgehead atoms. The van der Waals surface area contributed by atoms with E-state index in [0.717, 1.165) is 11.1 Å². The summed E-state index contributed by atoms with van der Waals surface area (Å²) < 4.78 is 1.89. The van der Waals surface area contributed by atoms with Crippen LogP contribution in [0.1, 0.15) is 31.9 Å². The second-order valence-electron chi connectivity index (χ2n) is 7.55. The molecule has 0 aliphatic carbocycles. The minimum atomic E-state index is -0.198. The van der Waals surface area contributed by atoms with E-state index in [1.54, 1.807) is 18.2 Å². The summed E-state index contributed by atoms with van der Waals surface area (Å²) in [6.45, 7) is 6.51. The first-order chi connectivity index (χ1) is 13.2. The number of rotatable bonds is 2. The largest absolute Gasteiger partial charge is 0.291 e. The summed E-state index contributed by atoms with van der Waals surface area (Å²) >= 11 is 13.3. The second kappa shape index (κ2) is 6.99. The Labute approximate surface area is 176 Å². The molecule has 28 heavy (non-hydrogen) atoms. The molecule has 0 unspecified atom stereocenters. The lowest BCUT2D eigenvalue weighted by Gasteiger charge is -2.18. The van der Waals surface area contributed by atoms with Gasteiger partial charge in [0, 0.05) is 5.56 Å². The van der Waals surface area contributed by atoms with Gasteiger partial charge >= 0.3 is 0 Å². The highest BCUT2D eigenvalue weighted by Crippen LogP contribution is 2.25. The average Bonchev–Trinajstić information content (AvgIpc) is 3.18. The van der Waals surface area contributed by atoms with Gasteiger partial charge in [-0.1, -0.05) is 85.6 Å². The van der Waals surface area contributed by atoms with Crippen LogP contribution in [0.4, 0.5) is 0 Å². The van der Waals surface area contributed by atoms with E-state index < -0.39 is 0 Å². The lowest BCUT2D eigenvalue weighted by molar-refractivity contribution is 0.590. The van der Waals surface area contributed by atoms with Gasteiger partial charge in [-0.15, -0.1) is 5.10 Å². The third kappa shape index (κ3) is 3.58. The van der Waals surface area contributed by atoms with Crippen molar-refractivity contribution >= 4 is 45.6 Å². The molecule has 0 amide bonds. The molecule has 2 aromatic heterocycles. The zero-order chi connectivity index (χ0) is 20.1. The van der Waals surface area contributed by atoms with Gasteiger partial charge in [0.15, 0.2) is 5.82 Å². The molecule has 4 aromatic rings. The minimum absolute atomic E-state index is 0.0813. The molecule has 142 valence electrons. The molecule has 4 rings (SSSR count). The molecule has 0 N–H and O–H groups in total. The molecule has 0 spiro atoms. The molecule has 0 radical (unpaired) electrons. The lowest BCUT2D eigenvalue weighted by Crippen LogP contribution is -2.23. The fourth-order valence-corrected chi connectivity index (χ4v) is 4.04. The lowest BCUT2D eigenvalue weighted by atomic mass is 9.87. The van der Waals surface area contributed by atoms with Crippen molar-refractivity contribution in [3.63, 3.8) is 0 Å². The van der Waals surface area contributed by atoms with Crippen LogP contribution in [-0.4, -0.2) is 14.6 Å². The Morgan fingerprint density at radius 1 is 1.04 bits per heavy atom. The summed E-state index contributed by atoms with van der Waals surface area (Å²) in [6.07, 6.45) is 1.77. The van der Waals surface area contributed by atoms with E-state index in [2.05, 4.69) is 43.0 Å². The number of hydrogen-bond acceptors (Lipinski definition) is 4. The van der Waals surface area contributed by atoms with Crippen LogP contribution in [0.15, 0.2) is 47.3 Å². The van der Waals surface area contributed by atoms with E-state index >= 15 is 0 Å². The van der Waals surface area contributed by atoms with Crippen LogP contribution in [0, 0.1) is 0 Å². The molecule has 0 fully saturated rings. The Kier molecular flexibility index (Phi) is 4.78. The minimum Gasteiger partial charge on any atom is -0.266 e. The summed E-state index contributed by atoms with van der Waals surface area (Å²) in [5, 5.41) is 5.33. The molecule has 0 saturated carbocycles. The number of thiazole rings is 1. The van der Waals surface area contributed by atoms with Gasteiger partial charge in [-0.2, -0.15) is 9.50 Å². The quantitative estimate of drug-likeness (QED) is 0.451. The van der Waals surface area contributed by atoms with Crippen LogP contribution in [0.3, 0.4) is 0 Å². The Morgan fingerprint density at radius 3 is 2.36 bits per heavy atom. The van der Waals surface area contributed by atoms with Crippen LogP contribution >= 0.6 is 34.5 Å². The summed E-state index contributed by atoms with van der Waals surface area (Å²) in [7, 11) is 0. The zero-order valence-electron chi connectivity index (χ0n) is 15.5. The molecular weight excluding hydrogens is 413 g/mol. The highest BCUT2D eigenvalue weighted by molar-refractivity contribution is 7.15. The maximum absolute atomic E-state index is 12.7. The monoisotopic (exact) mass is 429 g/mol. The Bertz CT molecular complexity index is 1280. The first kappa shape index (κ1) is 19.1. The summed E-state index contributed by atoms with van der Waals surface area (Å²) in [6, 6.07) is 13.4. The Morgan fingerprint density at radius 2 is 1.75 bits per heavy atom. The van der Waals surface area contributed by atoms with Gasteiger partial charge in [0.1, 0.15) is 0 Å². The number of halogens is 2. The van der Waals surface area contributed by atoms with Crippen LogP contribution in [0.5, 0.6) is 0 Å². The van der Waals surface area contributed by atoms with Crippen LogP contribution in [0.2, 0.25) is 10.0 Å². The molecule has 7 heteroatoms. The predicted octanol–water partition coefficient (Wildman–Crippen LogP) is 4.97. The fourth-order valence-electron chi connectivity index (χ4n) is 2.83. The maximum atomic E-state index is 12.7. The van der Waals surface area contributed by atoms with Gasteiger partial charge < -0.3 is 0 Å². The number of benzene rings is 2. The first-order valence-corrected chi connectivity index (χ1v) is 10.3. The number of fused-ring (bicyclic) bond motifs is 1. The van der Waals surface area contributed by atoms with Crippen molar-refractivity contribution in [1.82, 2.24) is 14.6 Å². The van der Waals surface area contributed by atoms with Crippen LogP contribution in [-0.2, 0) is 5.41 Å². The van der Waals surface area contributed by atoms with Crippen LogP contribution in [0.25, 0.3) is 22.4 Å². The van der Waals surface area contributed by atoms with Crippen molar-refractivity contribution in [2.75, 3.05) is 0 Å². The fraction of sp³-hybridized carbons (Fsp3) is 0.190. The predicted molar refractivity (Wildman–Crippen MR) is 117 cm³/mol. The summed E-state index contributed by atoms with van der Waals surface area (Å²) in [5.74, 6) is 0.546. The number of hydrogen-bond donors (Lipinski definition) is 0. The molecule has 2 heterocycles. The highest BCUT2D eigenvalue weighted by Gasteiger charge is 2.15. The number of aromatic nitrogens is 3. The van der Waals surface area contributed by atoms with Gasteiger partial charge in [0.2, 0.25) is 4.96 Å². The smallest absolute Gasteiger partial charge is 0.266 e. The van der Waals surface area contributed by atoms with Crippen molar-refractivity contribution in [3.8, 4) is 11.4 Å². The molecular formula is C21H17Cl2N3OS. The van der Waals surface area contributed by atoms with E-state index in [1.165, 1.54) is 21.4 Å². The normalized spacial score (nSPS) is 12.8. The van der Waals surface area contributed by atoms with E-state index in [1.807, 2.05) is 18.2 Å². The van der Waals surface area contributed by atoms with Gasteiger partial charge in [0.05, 0.1) is 14.6 Å². The first-order valence-electron chi connectivity index (χ1n) is 8.70. The average molecular weight is 430 g/mol. The van der Waals surface area contributed by atoms with Gasteiger partial charge in [0.25, 0.3) is 5.56 Å². The molecule has 4 nitrogen and oxygen atoms in total. The van der Waals surface area contributed by atoms with Crippen molar-refractivity contribution in [2.45, 2.75) is 26.2 Å². The Balaban J connectivity index is 1.73. The third-order valence-electron chi connectivity index (χ3n) is 4.43. The van der Waals surface area contributed by atoms with E-state index in [4.69, 9.17) is 23.2 Å². The topological polar surface area (TPSA) is 47.3 Å². The maximum Gasteiger partial charge on any atom is 0.291 e. The van der Waals surface area contributed by atoms with E-state index in [9.17, 15) is 4.79 Å². The van der Waals surface area contributed by atoms with E-state index in [-0.39, 0.29) is 11.0 Å². The summed E-state index contributed by atoms with van der Waals surface area (Å²) in [4.78, 5) is 17.8. The SMILES string of the molecule is CC(C)(C)c1ccc(-c2nc3s/c(=C\c4ccc(Cl)c(Cl)c4)c(=O)n3n2)cc1. The molecule has 0 saturated heterocycles. The van der Waals surface area contributed by atoms with Crippen molar-refractivity contribution < 1.29 is 0 Å². The van der Waals surface area contributed by atoms with Crippen molar-refractivity contribution in [1.29, 1.82) is 0 Å². The standard InChI is InChI=1S/C21H17Cl2N3OS/c1-21(2,3)14-7-5-13(6-8-14)18-24-20-26(25-18)19(27)17(28-20)11-12-4-9-15(22)16(23)10-12/h4-11H,1-3H3/b17-11-. The van der Waals surface area contributed by atoms with E-state index in [0.29, 0.717) is 25.4 Å². The van der Waals surface area contributed by atoms with Crippen molar-refractivity contribution in [2.24, 2.45) is 0 Å². The zero-order valence-corrected chi connectivity index (χ0v) is 17.9. The summed E-state index contributed by atoms with van der Waals surface area (Å²) in [5.41, 5.74) is 2.81. The van der Waals surface area contributed by atoms with Gasteiger partial charge in [-0.25, -0.2) is 0 Å². The Hall–Kier alpha value is -2.21. The van der Waals surface area contributed by atoms with Gasteiger partial charge in [-0.3, -0.25) is 4.79 Å². The molecule has 2 aromatic carbocycles. The second-order valence-corrected chi connectivity index (χ2v) is 9.37. The molecule has 0 aliphatic rings. The molecule has 0 atom stereocenters. The van der Waals surface area contributed by atoms with Crippen LogP contribution < -0.4 is 10.1 Å². The third-order valence-corrected chi connectivity index (χ3v) is 6.13. The molecule has 0 aliphatic heterocycles. The van der Waals surface area contributed by atoms with Crippen molar-refractivity contribution in [3.05, 3.63) is 78.5 Å². The van der Waals surface area contributed by atoms with Gasteiger partial charge in [-0.05, 0) is 34.8 Å². The number of nitrogens with zero attached hydrogens (tertiary/aromatic N) is 3.